The number of nitrogens with one attached hydrogen (secondary N) is 1. The van der Waals surface area contributed by atoms with Gasteiger partial charge < -0.3 is 4.74 Å². The first-order valence-electron chi connectivity index (χ1n) is 8.79. The lowest BCUT2D eigenvalue weighted by Crippen LogP contribution is -2.30. The van der Waals surface area contributed by atoms with Crippen LogP contribution in [0.2, 0.25) is 0 Å². The highest BCUT2D eigenvalue weighted by Crippen LogP contribution is 2.13. The van der Waals surface area contributed by atoms with Gasteiger partial charge in [0.1, 0.15) is 13.2 Å². The van der Waals surface area contributed by atoms with Crippen molar-refractivity contribution in [1.82, 2.24) is 4.72 Å². The van der Waals surface area contributed by atoms with Crippen LogP contribution in [0, 0.1) is 0 Å². The Morgan fingerprint density at radius 1 is 0.962 bits per heavy atom. The van der Waals surface area contributed by atoms with Crippen molar-refractivity contribution in [1.29, 1.82) is 0 Å². The number of unbranched alkanes of at least 4 members (excludes halogenated alkanes) is 2. The molecule has 2 aromatic rings. The summed E-state index contributed by atoms with van der Waals surface area (Å²) in [6, 6.07) is 16.0. The first-order chi connectivity index (χ1) is 12.5. The summed E-state index contributed by atoms with van der Waals surface area (Å²) in [6.45, 7) is 1.87. The highest BCUT2D eigenvalue weighted by atomic mass is 32.2. The minimum Gasteiger partial charge on any atom is -0.460 e. The van der Waals surface area contributed by atoms with Crippen LogP contribution < -0.4 is 4.72 Å². The molecule has 5 nitrogen and oxygen atoms in total. The molecule has 0 heterocycles. The Bertz CT molecular complexity index is 786. The molecular weight excluding hydrogens is 350 g/mol. The molecule has 26 heavy (non-hydrogen) atoms. The van der Waals surface area contributed by atoms with Crippen LogP contribution in [0.1, 0.15) is 37.3 Å². The zero-order valence-electron chi connectivity index (χ0n) is 15.0. The van der Waals surface area contributed by atoms with Crippen LogP contribution in [0.3, 0.4) is 0 Å². The summed E-state index contributed by atoms with van der Waals surface area (Å²) in [7, 11) is -3.73. The van der Waals surface area contributed by atoms with Crippen molar-refractivity contribution in [2.45, 2.75) is 44.1 Å². The van der Waals surface area contributed by atoms with Gasteiger partial charge in [-0.25, -0.2) is 8.42 Å². The van der Waals surface area contributed by atoms with E-state index < -0.39 is 22.5 Å². The molecule has 2 aromatic carbocycles. The van der Waals surface area contributed by atoms with E-state index in [0.29, 0.717) is 0 Å². The molecule has 0 spiro atoms. The van der Waals surface area contributed by atoms with Gasteiger partial charge in [0.25, 0.3) is 0 Å². The number of carbonyl (C=O) groups is 1. The molecule has 0 aliphatic carbocycles. The van der Waals surface area contributed by atoms with Crippen molar-refractivity contribution in [3.63, 3.8) is 0 Å². The molecule has 140 valence electrons. The van der Waals surface area contributed by atoms with Crippen LogP contribution in [-0.4, -0.2) is 20.9 Å². The average molecular weight is 375 g/mol. The Labute approximate surface area is 155 Å². The first-order valence-corrected chi connectivity index (χ1v) is 10.3. The van der Waals surface area contributed by atoms with Gasteiger partial charge in [-0.15, -0.1) is 0 Å². The summed E-state index contributed by atoms with van der Waals surface area (Å²) in [5.41, 5.74) is 1.96. The minimum atomic E-state index is -3.73. The Hall–Kier alpha value is -2.18. The summed E-state index contributed by atoms with van der Waals surface area (Å²) < 4.78 is 31.9. The van der Waals surface area contributed by atoms with Crippen molar-refractivity contribution in [3.8, 4) is 0 Å². The molecule has 0 aromatic heterocycles. The van der Waals surface area contributed by atoms with Crippen LogP contribution in [0.15, 0.2) is 59.5 Å². The standard InChI is InChI=1S/C20H25NO4S/c1-2-3-5-8-17-11-13-19(14-12-17)26(23,24)21-15-20(22)25-16-18-9-6-4-7-10-18/h4,6-7,9-14,21H,2-3,5,8,15-16H2,1H3. The number of sulfonamides is 1. The van der Waals surface area contributed by atoms with Crippen molar-refractivity contribution < 1.29 is 17.9 Å². The van der Waals surface area contributed by atoms with Crippen LogP contribution in [0.5, 0.6) is 0 Å². The normalized spacial score (nSPS) is 11.3. The fraction of sp³-hybridized carbons (Fsp3) is 0.350. The van der Waals surface area contributed by atoms with Crippen LogP contribution in [-0.2, 0) is 32.6 Å². The lowest BCUT2D eigenvalue weighted by molar-refractivity contribution is -0.143. The van der Waals surface area contributed by atoms with E-state index in [0.717, 1.165) is 36.8 Å². The number of esters is 1. The highest BCUT2D eigenvalue weighted by molar-refractivity contribution is 7.89. The topological polar surface area (TPSA) is 72.5 Å². The van der Waals surface area contributed by atoms with Crippen LogP contribution >= 0.6 is 0 Å². The average Bonchev–Trinajstić information content (AvgIpc) is 2.66. The Morgan fingerprint density at radius 3 is 2.31 bits per heavy atom. The maximum atomic E-state index is 12.3. The van der Waals surface area contributed by atoms with Gasteiger partial charge in [-0.1, -0.05) is 62.2 Å². The lowest BCUT2D eigenvalue weighted by Gasteiger charge is -2.08. The van der Waals surface area contributed by atoms with E-state index in [1.54, 1.807) is 12.1 Å². The van der Waals surface area contributed by atoms with Gasteiger partial charge in [-0.2, -0.15) is 4.72 Å². The minimum absolute atomic E-state index is 0.119. The molecule has 0 bridgehead atoms. The number of hydrogen-bond acceptors (Lipinski definition) is 4. The molecule has 2 rings (SSSR count). The molecule has 0 radical (unpaired) electrons. The lowest BCUT2D eigenvalue weighted by atomic mass is 10.1. The van der Waals surface area contributed by atoms with E-state index in [-0.39, 0.29) is 11.5 Å². The monoisotopic (exact) mass is 375 g/mol. The quantitative estimate of drug-likeness (QED) is 0.510. The summed E-state index contributed by atoms with van der Waals surface area (Å²) in [4.78, 5) is 11.9. The Balaban J connectivity index is 1.82. The SMILES string of the molecule is CCCCCc1ccc(S(=O)(=O)NCC(=O)OCc2ccccc2)cc1. The van der Waals surface area contributed by atoms with Gasteiger partial charge in [-0.05, 0) is 36.1 Å². The zero-order chi connectivity index (χ0) is 18.8. The molecule has 0 unspecified atom stereocenters. The third kappa shape index (κ3) is 6.61. The third-order valence-electron chi connectivity index (χ3n) is 3.95. The fourth-order valence-corrected chi connectivity index (χ4v) is 3.41. The molecular formula is C20H25NO4S. The van der Waals surface area contributed by atoms with E-state index in [4.69, 9.17) is 4.74 Å². The van der Waals surface area contributed by atoms with Crippen molar-refractivity contribution >= 4 is 16.0 Å². The van der Waals surface area contributed by atoms with Crippen LogP contribution in [0.4, 0.5) is 0 Å². The molecule has 1 N–H and O–H groups in total. The largest absolute Gasteiger partial charge is 0.460 e. The maximum Gasteiger partial charge on any atom is 0.321 e. The predicted octanol–water partition coefficient (Wildman–Crippen LogP) is 3.44. The van der Waals surface area contributed by atoms with Gasteiger partial charge in [-0.3, -0.25) is 4.79 Å². The van der Waals surface area contributed by atoms with Gasteiger partial charge in [0.15, 0.2) is 0 Å². The molecule has 6 heteroatoms. The van der Waals surface area contributed by atoms with Crippen LogP contribution in [0.25, 0.3) is 0 Å². The Kier molecular flexibility index (Phi) is 7.81. The summed E-state index contributed by atoms with van der Waals surface area (Å²) in [5.74, 6) is -0.617. The van der Waals surface area contributed by atoms with E-state index in [2.05, 4.69) is 11.6 Å². The van der Waals surface area contributed by atoms with Gasteiger partial charge >= 0.3 is 5.97 Å². The number of benzene rings is 2. The zero-order valence-corrected chi connectivity index (χ0v) is 15.8. The van der Waals surface area contributed by atoms with Gasteiger partial charge in [0, 0.05) is 0 Å². The molecule has 0 aliphatic rings. The van der Waals surface area contributed by atoms with Crippen molar-refractivity contribution in [2.75, 3.05) is 6.54 Å². The maximum absolute atomic E-state index is 12.3. The molecule has 0 saturated heterocycles. The number of aryl methyl sites for hydroxylation is 1. The highest BCUT2D eigenvalue weighted by Gasteiger charge is 2.16. The predicted molar refractivity (Wildman–Crippen MR) is 101 cm³/mol. The smallest absolute Gasteiger partial charge is 0.321 e. The fourth-order valence-electron chi connectivity index (χ4n) is 2.44. The summed E-state index contributed by atoms with van der Waals surface area (Å²) >= 11 is 0. The van der Waals surface area contributed by atoms with E-state index in [1.807, 2.05) is 42.5 Å². The van der Waals surface area contributed by atoms with Crippen molar-refractivity contribution in [3.05, 3.63) is 65.7 Å². The summed E-state index contributed by atoms with van der Waals surface area (Å²) in [5, 5.41) is 0. The first kappa shape index (κ1) is 20.1. The second kappa shape index (κ2) is 10.1. The van der Waals surface area contributed by atoms with Gasteiger partial charge in [0.05, 0.1) is 4.90 Å². The molecule has 0 amide bonds. The van der Waals surface area contributed by atoms with E-state index in [9.17, 15) is 13.2 Å². The second-order valence-corrected chi connectivity index (χ2v) is 7.84. The molecule has 0 fully saturated rings. The van der Waals surface area contributed by atoms with Gasteiger partial charge in [0.2, 0.25) is 10.0 Å². The number of hydrogen-bond donors (Lipinski definition) is 1. The van der Waals surface area contributed by atoms with Crippen molar-refractivity contribution in [2.24, 2.45) is 0 Å². The van der Waals surface area contributed by atoms with E-state index in [1.165, 1.54) is 0 Å². The number of carbonyl (C=O) groups excluding carboxylic acids is 1. The molecule has 0 aliphatic heterocycles. The third-order valence-corrected chi connectivity index (χ3v) is 5.37. The van der Waals surface area contributed by atoms with E-state index >= 15 is 0 Å². The number of rotatable bonds is 10. The Morgan fingerprint density at radius 2 is 1.65 bits per heavy atom. The number of ether oxygens (including phenoxy) is 1. The second-order valence-electron chi connectivity index (χ2n) is 6.07. The molecule has 0 atom stereocenters. The summed E-state index contributed by atoms with van der Waals surface area (Å²) in [6.07, 6.45) is 4.34. The molecule has 0 saturated carbocycles.